The van der Waals surface area contributed by atoms with E-state index in [1.54, 1.807) is 66.7 Å². The molecule has 2 aromatic rings. The molecule has 0 saturated carbocycles. The number of nitrogens with zero attached hydrogens (tertiary/aromatic N) is 1. The van der Waals surface area contributed by atoms with Gasteiger partial charge < -0.3 is 5.73 Å². The number of ketones is 1. The average Bonchev–Trinajstić information content (AvgIpc) is 2.53. The van der Waals surface area contributed by atoms with E-state index >= 15 is 0 Å². The molecule has 0 saturated heterocycles. The molecular formula is C17H12N2O2. The Labute approximate surface area is 122 Å². The molecule has 102 valence electrons. The van der Waals surface area contributed by atoms with Gasteiger partial charge in [0.1, 0.15) is 11.6 Å². The Morgan fingerprint density at radius 2 is 1.33 bits per heavy atom. The van der Waals surface area contributed by atoms with E-state index in [1.807, 2.05) is 0 Å². The van der Waals surface area contributed by atoms with Crippen molar-refractivity contribution < 1.29 is 9.59 Å². The van der Waals surface area contributed by atoms with Crippen molar-refractivity contribution in [1.82, 2.24) is 0 Å². The van der Waals surface area contributed by atoms with E-state index in [4.69, 9.17) is 11.0 Å². The fourth-order valence-electron chi connectivity index (χ4n) is 1.96. The first-order chi connectivity index (χ1) is 10.1. The Kier molecular flexibility index (Phi) is 4.27. The summed E-state index contributed by atoms with van der Waals surface area (Å²) in [5.41, 5.74) is 5.80. The molecule has 0 aliphatic heterocycles. The van der Waals surface area contributed by atoms with Crippen molar-refractivity contribution in [2.75, 3.05) is 0 Å². The second-order valence-corrected chi connectivity index (χ2v) is 4.29. The van der Waals surface area contributed by atoms with Crippen LogP contribution in [-0.4, -0.2) is 11.7 Å². The number of rotatable bonds is 4. The predicted octanol–water partition coefficient (Wildman–Crippen LogP) is 2.33. The Morgan fingerprint density at radius 1 is 0.857 bits per heavy atom. The van der Waals surface area contributed by atoms with E-state index < -0.39 is 11.7 Å². The van der Waals surface area contributed by atoms with E-state index in [1.165, 1.54) is 0 Å². The predicted molar refractivity (Wildman–Crippen MR) is 78.9 cm³/mol. The molecule has 4 nitrogen and oxygen atoms in total. The number of amides is 1. The molecule has 0 unspecified atom stereocenters. The fourth-order valence-corrected chi connectivity index (χ4v) is 1.96. The zero-order valence-electron chi connectivity index (χ0n) is 11.1. The van der Waals surface area contributed by atoms with Crippen molar-refractivity contribution in [3.05, 3.63) is 77.4 Å². The number of hydrogen-bond donors (Lipinski definition) is 1. The summed E-state index contributed by atoms with van der Waals surface area (Å²) in [6, 6.07) is 18.8. The van der Waals surface area contributed by atoms with Crippen LogP contribution in [0.3, 0.4) is 0 Å². The van der Waals surface area contributed by atoms with E-state index in [9.17, 15) is 9.59 Å². The van der Waals surface area contributed by atoms with E-state index in [-0.39, 0.29) is 11.1 Å². The lowest BCUT2D eigenvalue weighted by Crippen LogP contribution is -2.17. The number of nitrogens with two attached hydrogens (primary N) is 1. The highest BCUT2D eigenvalue weighted by atomic mass is 16.1. The highest BCUT2D eigenvalue weighted by molar-refractivity contribution is 6.33. The van der Waals surface area contributed by atoms with Crippen molar-refractivity contribution in [2.24, 2.45) is 5.73 Å². The van der Waals surface area contributed by atoms with Gasteiger partial charge in [-0.2, -0.15) is 5.26 Å². The minimum Gasteiger partial charge on any atom is -0.365 e. The van der Waals surface area contributed by atoms with Crippen LogP contribution in [0.5, 0.6) is 0 Å². The SMILES string of the molecule is N#C/C(C(N)=O)=C(/C(=O)c1ccccc1)c1ccccc1. The Balaban J connectivity index is 2.67. The molecule has 21 heavy (non-hydrogen) atoms. The van der Waals surface area contributed by atoms with Crippen LogP contribution in [0, 0.1) is 11.3 Å². The van der Waals surface area contributed by atoms with E-state index in [0.29, 0.717) is 11.1 Å². The highest BCUT2D eigenvalue weighted by Crippen LogP contribution is 2.23. The average molecular weight is 276 g/mol. The van der Waals surface area contributed by atoms with Crippen LogP contribution in [0.25, 0.3) is 5.57 Å². The Morgan fingerprint density at radius 3 is 1.76 bits per heavy atom. The Hall–Kier alpha value is -3.19. The van der Waals surface area contributed by atoms with Gasteiger partial charge in [0.2, 0.25) is 0 Å². The second kappa shape index (κ2) is 6.31. The van der Waals surface area contributed by atoms with Gasteiger partial charge in [-0.1, -0.05) is 60.7 Å². The third-order valence-electron chi connectivity index (χ3n) is 2.93. The maximum Gasteiger partial charge on any atom is 0.260 e. The van der Waals surface area contributed by atoms with Gasteiger partial charge in [0.25, 0.3) is 5.91 Å². The van der Waals surface area contributed by atoms with Gasteiger partial charge in [0.15, 0.2) is 5.78 Å². The maximum atomic E-state index is 12.6. The van der Waals surface area contributed by atoms with Crippen LogP contribution in [0.2, 0.25) is 0 Å². The van der Waals surface area contributed by atoms with Crippen LogP contribution in [0.15, 0.2) is 66.2 Å². The summed E-state index contributed by atoms with van der Waals surface area (Å²) < 4.78 is 0. The first kappa shape index (κ1) is 14.2. The molecule has 0 aliphatic rings. The number of nitriles is 1. The smallest absolute Gasteiger partial charge is 0.260 e. The zero-order chi connectivity index (χ0) is 15.2. The van der Waals surface area contributed by atoms with Gasteiger partial charge >= 0.3 is 0 Å². The van der Waals surface area contributed by atoms with Crippen LogP contribution in [-0.2, 0) is 4.79 Å². The number of benzene rings is 2. The number of hydrogen-bond acceptors (Lipinski definition) is 3. The highest BCUT2D eigenvalue weighted by Gasteiger charge is 2.22. The molecule has 0 radical (unpaired) electrons. The number of Topliss-reactive ketones (excluding diaryl/α,β-unsaturated/α-hetero) is 1. The van der Waals surface area contributed by atoms with Crippen LogP contribution < -0.4 is 5.73 Å². The molecule has 2 N–H and O–H groups in total. The molecule has 0 heterocycles. The third-order valence-corrected chi connectivity index (χ3v) is 2.93. The largest absolute Gasteiger partial charge is 0.365 e. The summed E-state index contributed by atoms with van der Waals surface area (Å²) >= 11 is 0. The lowest BCUT2D eigenvalue weighted by molar-refractivity contribution is -0.114. The number of carbonyl (C=O) groups excluding carboxylic acids is 2. The number of allylic oxidation sites excluding steroid dienone is 1. The summed E-state index contributed by atoms with van der Waals surface area (Å²) in [6.07, 6.45) is 0. The number of primary amides is 1. The van der Waals surface area contributed by atoms with Crippen molar-refractivity contribution in [1.29, 1.82) is 5.26 Å². The number of carbonyl (C=O) groups is 2. The standard InChI is InChI=1S/C17H12N2O2/c18-11-14(17(19)21)15(12-7-3-1-4-8-12)16(20)13-9-5-2-6-10-13/h1-10H,(H2,19,21)/b15-14-. The quantitative estimate of drug-likeness (QED) is 0.528. The monoisotopic (exact) mass is 276 g/mol. The van der Waals surface area contributed by atoms with Crippen molar-refractivity contribution in [2.45, 2.75) is 0 Å². The maximum absolute atomic E-state index is 12.6. The first-order valence-electron chi connectivity index (χ1n) is 6.24. The first-order valence-corrected chi connectivity index (χ1v) is 6.24. The van der Waals surface area contributed by atoms with Gasteiger partial charge in [-0.3, -0.25) is 9.59 Å². The fraction of sp³-hybridized carbons (Fsp3) is 0. The van der Waals surface area contributed by atoms with Crippen LogP contribution in [0.4, 0.5) is 0 Å². The molecule has 0 fully saturated rings. The molecule has 0 aliphatic carbocycles. The van der Waals surface area contributed by atoms with Gasteiger partial charge in [0.05, 0.1) is 5.57 Å². The zero-order valence-corrected chi connectivity index (χ0v) is 11.1. The second-order valence-electron chi connectivity index (χ2n) is 4.29. The van der Waals surface area contributed by atoms with Crippen molar-refractivity contribution >= 4 is 17.3 Å². The van der Waals surface area contributed by atoms with Crippen molar-refractivity contribution in [3.63, 3.8) is 0 Å². The van der Waals surface area contributed by atoms with Gasteiger partial charge in [-0.15, -0.1) is 0 Å². The minimum atomic E-state index is -0.916. The summed E-state index contributed by atoms with van der Waals surface area (Å²) in [6.45, 7) is 0. The van der Waals surface area contributed by atoms with E-state index in [2.05, 4.69) is 0 Å². The molecular weight excluding hydrogens is 264 g/mol. The summed E-state index contributed by atoms with van der Waals surface area (Å²) in [7, 11) is 0. The van der Waals surface area contributed by atoms with Crippen LogP contribution in [0.1, 0.15) is 15.9 Å². The van der Waals surface area contributed by atoms with Gasteiger partial charge in [-0.05, 0) is 5.56 Å². The van der Waals surface area contributed by atoms with Gasteiger partial charge in [0, 0.05) is 5.56 Å². The third kappa shape index (κ3) is 3.04. The normalized spacial score (nSPS) is 11.2. The summed E-state index contributed by atoms with van der Waals surface area (Å²) in [5, 5.41) is 9.16. The molecule has 0 aromatic heterocycles. The lowest BCUT2D eigenvalue weighted by atomic mass is 9.92. The molecule has 1 amide bonds. The topological polar surface area (TPSA) is 83.9 Å². The van der Waals surface area contributed by atoms with Crippen LogP contribution >= 0.6 is 0 Å². The Bertz CT molecular complexity index is 741. The molecule has 2 rings (SSSR count). The summed E-state index contributed by atoms with van der Waals surface area (Å²) in [5.74, 6) is -1.32. The molecule has 0 bridgehead atoms. The molecule has 0 spiro atoms. The summed E-state index contributed by atoms with van der Waals surface area (Å²) in [4.78, 5) is 24.1. The van der Waals surface area contributed by atoms with Gasteiger partial charge in [-0.25, -0.2) is 0 Å². The molecule has 0 atom stereocenters. The molecule has 4 heteroatoms. The molecule has 2 aromatic carbocycles. The minimum absolute atomic E-state index is 0.0248. The lowest BCUT2D eigenvalue weighted by Gasteiger charge is -2.08. The van der Waals surface area contributed by atoms with Crippen molar-refractivity contribution in [3.8, 4) is 6.07 Å². The van der Waals surface area contributed by atoms with E-state index in [0.717, 1.165) is 0 Å².